The molecule has 1 atom stereocenters. The summed E-state index contributed by atoms with van der Waals surface area (Å²) in [5.41, 5.74) is 0. The molecule has 15 heavy (non-hydrogen) atoms. The molecular weight excluding hydrogens is 246 g/mol. The normalized spacial score (nSPS) is 14.8. The number of aliphatic carboxylic acids is 1. The number of carbonyl (C=O) groups is 1. The summed E-state index contributed by atoms with van der Waals surface area (Å²) in [5.74, 6) is -1.34. The summed E-state index contributed by atoms with van der Waals surface area (Å²) in [5, 5.41) is 7.45. The van der Waals surface area contributed by atoms with Crippen LogP contribution in [0.5, 0.6) is 0 Å². The first-order valence-corrected chi connectivity index (χ1v) is 7.69. The number of sulfonamides is 1. The molecule has 0 heterocycles. The highest BCUT2D eigenvalue weighted by Gasteiger charge is 2.25. The molecule has 0 fully saturated rings. The van der Waals surface area contributed by atoms with E-state index in [0.717, 1.165) is 6.26 Å². The average molecular weight is 259 g/mol. The van der Waals surface area contributed by atoms with Gasteiger partial charge in [-0.1, -0.05) is 6.92 Å². The Kier molecular flexibility index (Phi) is 4.68. The minimum absolute atomic E-state index is 0.0400. The highest BCUT2D eigenvalue weighted by molar-refractivity contribution is 8.06. The number of hydrogen-bond acceptors (Lipinski definition) is 5. The maximum Gasteiger partial charge on any atom is 0.321 e. The van der Waals surface area contributed by atoms with Gasteiger partial charge >= 0.3 is 5.97 Å². The Morgan fingerprint density at radius 3 is 2.07 bits per heavy atom. The maximum atomic E-state index is 11.2. The second-order valence-corrected chi connectivity index (χ2v) is 7.33. The van der Waals surface area contributed by atoms with Crippen molar-refractivity contribution in [1.82, 2.24) is 4.72 Å². The van der Waals surface area contributed by atoms with Crippen molar-refractivity contribution in [2.24, 2.45) is 0 Å². The van der Waals surface area contributed by atoms with Gasteiger partial charge in [0, 0.05) is 6.26 Å². The molecule has 0 unspecified atom stereocenters. The third-order valence-corrected chi connectivity index (χ3v) is 4.99. The van der Waals surface area contributed by atoms with E-state index >= 15 is 0 Å². The Bertz CT molecular complexity index is 423. The first-order valence-electron chi connectivity index (χ1n) is 3.98. The van der Waals surface area contributed by atoms with Gasteiger partial charge in [0.25, 0.3) is 0 Å². The van der Waals surface area contributed by atoms with E-state index in [2.05, 4.69) is 0 Å². The molecule has 0 spiro atoms. The molecule has 0 saturated heterocycles. The average Bonchev–Trinajstić information content (AvgIpc) is 1.94. The molecule has 0 aromatic carbocycles. The van der Waals surface area contributed by atoms with Crippen LogP contribution in [-0.4, -0.2) is 45.3 Å². The van der Waals surface area contributed by atoms with Crippen LogP contribution in [0.3, 0.4) is 0 Å². The third kappa shape index (κ3) is 6.42. The Balaban J connectivity index is 4.72. The molecule has 0 aliphatic heterocycles. The van der Waals surface area contributed by atoms with Crippen LogP contribution >= 0.6 is 0 Å². The molecule has 0 amide bonds. The zero-order valence-corrected chi connectivity index (χ0v) is 9.93. The molecule has 9 heteroatoms. The van der Waals surface area contributed by atoms with E-state index in [1.165, 1.54) is 6.92 Å². The van der Waals surface area contributed by atoms with Crippen molar-refractivity contribution in [2.75, 3.05) is 11.3 Å². The lowest BCUT2D eigenvalue weighted by Crippen LogP contribution is -2.42. The van der Waals surface area contributed by atoms with Gasteiger partial charge in [-0.05, 0) is 6.42 Å². The van der Waals surface area contributed by atoms with Crippen LogP contribution in [0.1, 0.15) is 13.3 Å². The summed E-state index contributed by atoms with van der Waals surface area (Å²) in [4.78, 5) is 10.5. The molecule has 90 valence electrons. The van der Waals surface area contributed by atoms with Crippen molar-refractivity contribution in [1.29, 1.82) is 0 Å². The molecule has 2 N–H and O–H groups in total. The van der Waals surface area contributed by atoms with Crippen LogP contribution in [0.2, 0.25) is 0 Å². The van der Waals surface area contributed by atoms with E-state index in [4.69, 9.17) is 5.11 Å². The van der Waals surface area contributed by atoms with Crippen LogP contribution < -0.4 is 4.72 Å². The number of carboxylic acids is 1. The van der Waals surface area contributed by atoms with Gasteiger partial charge in [0.05, 0.1) is 0 Å². The monoisotopic (exact) mass is 259 g/mol. The van der Waals surface area contributed by atoms with Crippen LogP contribution in [0.15, 0.2) is 0 Å². The van der Waals surface area contributed by atoms with Crippen molar-refractivity contribution < 1.29 is 26.7 Å². The van der Waals surface area contributed by atoms with Gasteiger partial charge in [0.15, 0.2) is 14.9 Å². The number of hydrogen-bond donors (Lipinski definition) is 2. The van der Waals surface area contributed by atoms with Crippen LogP contribution in [0, 0.1) is 0 Å². The predicted octanol–water partition coefficient (Wildman–Crippen LogP) is -1.23. The highest BCUT2D eigenvalue weighted by atomic mass is 32.3. The van der Waals surface area contributed by atoms with Gasteiger partial charge in [0.1, 0.15) is 6.04 Å². The standard InChI is InChI=1S/C6H13NO6S2/c1-3-5(6(8)9)7-15(12,13)4-14(2,10)11/h5,7H,3-4H2,1-2H3,(H,8,9)/t5-/m1/s1. The Morgan fingerprint density at radius 2 is 1.80 bits per heavy atom. The largest absolute Gasteiger partial charge is 0.480 e. The Morgan fingerprint density at radius 1 is 1.33 bits per heavy atom. The van der Waals surface area contributed by atoms with Crippen LogP contribution in [0.4, 0.5) is 0 Å². The fourth-order valence-corrected chi connectivity index (χ4v) is 4.07. The highest BCUT2D eigenvalue weighted by Crippen LogP contribution is 1.98. The first kappa shape index (κ1) is 14.3. The number of rotatable bonds is 6. The van der Waals surface area contributed by atoms with Gasteiger partial charge in [-0.15, -0.1) is 0 Å². The van der Waals surface area contributed by atoms with Gasteiger partial charge < -0.3 is 5.11 Å². The molecule has 0 aliphatic carbocycles. The van der Waals surface area contributed by atoms with Crippen molar-refractivity contribution in [2.45, 2.75) is 19.4 Å². The lowest BCUT2D eigenvalue weighted by Gasteiger charge is -2.11. The third-order valence-electron chi connectivity index (χ3n) is 1.40. The minimum atomic E-state index is -4.11. The van der Waals surface area contributed by atoms with Gasteiger partial charge in [-0.2, -0.15) is 0 Å². The summed E-state index contributed by atoms with van der Waals surface area (Å²) in [6.07, 6.45) is 0.798. The van der Waals surface area contributed by atoms with Crippen LogP contribution in [-0.2, 0) is 24.7 Å². The van der Waals surface area contributed by atoms with Gasteiger partial charge in [-0.25, -0.2) is 21.6 Å². The van der Waals surface area contributed by atoms with Crippen molar-refractivity contribution in [3.8, 4) is 0 Å². The summed E-state index contributed by atoms with van der Waals surface area (Å²) in [6.45, 7) is 1.47. The molecule has 0 aliphatic rings. The van der Waals surface area contributed by atoms with E-state index in [-0.39, 0.29) is 6.42 Å². The lowest BCUT2D eigenvalue weighted by molar-refractivity contribution is -0.139. The second-order valence-electron chi connectivity index (χ2n) is 3.08. The topological polar surface area (TPSA) is 118 Å². The molecule has 0 bridgehead atoms. The fourth-order valence-electron chi connectivity index (χ4n) is 0.841. The maximum absolute atomic E-state index is 11.2. The molecule has 0 rings (SSSR count). The van der Waals surface area contributed by atoms with E-state index in [9.17, 15) is 21.6 Å². The van der Waals surface area contributed by atoms with Crippen LogP contribution in [0.25, 0.3) is 0 Å². The zero-order valence-electron chi connectivity index (χ0n) is 8.30. The van der Waals surface area contributed by atoms with Crippen molar-refractivity contribution >= 4 is 25.8 Å². The number of carboxylic acid groups (broad SMARTS) is 1. The smallest absolute Gasteiger partial charge is 0.321 e. The zero-order chi connectivity index (χ0) is 12.3. The molecular formula is C6H13NO6S2. The van der Waals surface area contributed by atoms with Crippen molar-refractivity contribution in [3.63, 3.8) is 0 Å². The Hall–Kier alpha value is -0.670. The SMILES string of the molecule is CC[C@@H](NS(=O)(=O)CS(C)(=O)=O)C(=O)O. The van der Waals surface area contributed by atoms with Gasteiger partial charge in [-0.3, -0.25) is 4.79 Å². The number of nitrogens with one attached hydrogen (secondary N) is 1. The predicted molar refractivity (Wildman–Crippen MR) is 53.5 cm³/mol. The molecule has 0 saturated carbocycles. The fraction of sp³-hybridized carbons (Fsp3) is 0.833. The molecule has 0 radical (unpaired) electrons. The quantitative estimate of drug-likeness (QED) is 0.616. The van der Waals surface area contributed by atoms with E-state index in [1.807, 2.05) is 0 Å². The van der Waals surface area contributed by atoms with Gasteiger partial charge in [0.2, 0.25) is 10.0 Å². The molecule has 7 nitrogen and oxygen atoms in total. The van der Waals surface area contributed by atoms with E-state index in [0.29, 0.717) is 0 Å². The summed E-state index contributed by atoms with van der Waals surface area (Å²) >= 11 is 0. The summed E-state index contributed by atoms with van der Waals surface area (Å²) in [7, 11) is -7.82. The second kappa shape index (κ2) is 4.90. The van der Waals surface area contributed by atoms with E-state index < -0.39 is 37.0 Å². The Labute approximate surface area is 88.5 Å². The molecule has 0 aromatic heterocycles. The lowest BCUT2D eigenvalue weighted by atomic mass is 10.2. The first-order chi connectivity index (χ1) is 6.57. The number of sulfone groups is 1. The molecule has 0 aromatic rings. The minimum Gasteiger partial charge on any atom is -0.480 e. The van der Waals surface area contributed by atoms with Crippen molar-refractivity contribution in [3.05, 3.63) is 0 Å². The van der Waals surface area contributed by atoms with E-state index in [1.54, 1.807) is 4.72 Å². The summed E-state index contributed by atoms with van der Waals surface area (Å²) in [6, 6.07) is -1.29. The summed E-state index contributed by atoms with van der Waals surface area (Å²) < 4.78 is 45.6.